The van der Waals surface area contributed by atoms with E-state index in [4.69, 9.17) is 9.47 Å². The average Bonchev–Trinajstić information content (AvgIpc) is 2.11. The predicted octanol–water partition coefficient (Wildman–Crippen LogP) is 1.64. The first-order valence-corrected chi connectivity index (χ1v) is 5.31. The van der Waals surface area contributed by atoms with Crippen molar-refractivity contribution in [3.05, 3.63) is 0 Å². The molecule has 0 N–H and O–H groups in total. The number of amides is 1. The molecule has 1 fully saturated rings. The van der Waals surface area contributed by atoms with Crippen molar-refractivity contribution in [2.45, 2.75) is 32.8 Å². The Morgan fingerprint density at radius 3 is 2.29 bits per heavy atom. The zero-order chi connectivity index (χ0) is 10.4. The Hall–Kier alpha value is -0.770. The van der Waals surface area contributed by atoms with Crippen LogP contribution >= 0.6 is 0 Å². The third-order valence-electron chi connectivity index (χ3n) is 2.12. The van der Waals surface area contributed by atoms with Crippen molar-refractivity contribution in [3.63, 3.8) is 0 Å². The minimum Gasteiger partial charge on any atom is -0.441 e. The van der Waals surface area contributed by atoms with Crippen LogP contribution in [0.2, 0.25) is 0 Å². The van der Waals surface area contributed by atoms with E-state index in [-0.39, 0.29) is 12.2 Å². The van der Waals surface area contributed by atoms with Crippen LogP contribution in [0.15, 0.2) is 0 Å². The Labute approximate surface area is 85.2 Å². The lowest BCUT2D eigenvalue weighted by Crippen LogP contribution is -2.43. The molecule has 0 saturated carbocycles. The molecule has 0 spiro atoms. The van der Waals surface area contributed by atoms with Gasteiger partial charge in [0.2, 0.25) is 0 Å². The minimum atomic E-state index is -0.193. The normalized spacial score (nSPS) is 16.1. The second kappa shape index (κ2) is 5.86. The topological polar surface area (TPSA) is 38.8 Å². The summed E-state index contributed by atoms with van der Waals surface area (Å²) in [5.41, 5.74) is 0. The van der Waals surface area contributed by atoms with Gasteiger partial charge in [0.25, 0.3) is 0 Å². The van der Waals surface area contributed by atoms with E-state index >= 15 is 0 Å². The van der Waals surface area contributed by atoms with E-state index < -0.39 is 0 Å². The highest BCUT2D eigenvalue weighted by atomic mass is 16.6. The molecule has 0 aromatic heterocycles. The average molecular weight is 201 g/mol. The van der Waals surface area contributed by atoms with Gasteiger partial charge < -0.3 is 14.4 Å². The van der Waals surface area contributed by atoms with Gasteiger partial charge in [0.15, 0.2) is 6.10 Å². The zero-order valence-corrected chi connectivity index (χ0v) is 8.99. The fourth-order valence-corrected chi connectivity index (χ4v) is 1.33. The molecule has 4 nitrogen and oxygen atoms in total. The van der Waals surface area contributed by atoms with Gasteiger partial charge in [-0.05, 0) is 12.8 Å². The molecule has 0 aliphatic carbocycles. The number of ether oxygens (including phenoxy) is 2. The van der Waals surface area contributed by atoms with Crippen LogP contribution in [-0.2, 0) is 9.47 Å². The summed E-state index contributed by atoms with van der Waals surface area (Å²) in [4.78, 5) is 13.3. The number of rotatable bonds is 5. The second-order valence-electron chi connectivity index (χ2n) is 3.53. The molecule has 1 saturated heterocycles. The van der Waals surface area contributed by atoms with Gasteiger partial charge in [-0.2, -0.15) is 0 Å². The Morgan fingerprint density at radius 2 is 1.93 bits per heavy atom. The van der Waals surface area contributed by atoms with Crippen LogP contribution in [0, 0.1) is 0 Å². The molecular formula is C10H19NO3. The van der Waals surface area contributed by atoms with E-state index in [0.29, 0.717) is 13.2 Å². The largest absolute Gasteiger partial charge is 0.441 e. The van der Waals surface area contributed by atoms with Gasteiger partial charge in [0.05, 0.1) is 13.2 Å². The minimum absolute atomic E-state index is 0.0151. The maximum absolute atomic E-state index is 11.6. The molecule has 0 aromatic carbocycles. The lowest BCUT2D eigenvalue weighted by molar-refractivity contribution is -0.104. The molecule has 0 atom stereocenters. The molecule has 1 rings (SSSR count). The Morgan fingerprint density at radius 1 is 1.36 bits per heavy atom. The Bertz CT molecular complexity index is 174. The van der Waals surface area contributed by atoms with Crippen molar-refractivity contribution < 1.29 is 14.3 Å². The number of hydrogen-bond donors (Lipinski definition) is 0. The number of nitrogens with zero attached hydrogens (tertiary/aromatic N) is 1. The number of hydrogen-bond acceptors (Lipinski definition) is 3. The van der Waals surface area contributed by atoms with Crippen molar-refractivity contribution in [1.29, 1.82) is 0 Å². The van der Waals surface area contributed by atoms with Crippen LogP contribution < -0.4 is 0 Å². The van der Waals surface area contributed by atoms with E-state index in [1.807, 2.05) is 0 Å². The van der Waals surface area contributed by atoms with Crippen molar-refractivity contribution in [2.24, 2.45) is 0 Å². The first-order valence-electron chi connectivity index (χ1n) is 5.31. The molecule has 1 aliphatic heterocycles. The van der Waals surface area contributed by atoms with E-state index in [1.165, 1.54) is 0 Å². The molecule has 1 heterocycles. The molecule has 0 aromatic rings. The van der Waals surface area contributed by atoms with Crippen LogP contribution in [-0.4, -0.2) is 43.4 Å². The second-order valence-corrected chi connectivity index (χ2v) is 3.53. The predicted molar refractivity (Wildman–Crippen MR) is 53.2 cm³/mol. The highest BCUT2D eigenvalue weighted by Crippen LogP contribution is 2.08. The van der Waals surface area contributed by atoms with Crippen LogP contribution in [0.1, 0.15) is 26.7 Å². The summed E-state index contributed by atoms with van der Waals surface area (Å²) >= 11 is 0. The van der Waals surface area contributed by atoms with E-state index in [9.17, 15) is 4.79 Å². The Balaban J connectivity index is 2.28. The summed E-state index contributed by atoms with van der Waals surface area (Å²) in [5, 5.41) is 0. The molecule has 14 heavy (non-hydrogen) atoms. The number of carbonyl (C=O) groups is 1. The fraction of sp³-hybridized carbons (Fsp3) is 0.900. The van der Waals surface area contributed by atoms with Gasteiger partial charge in [0.1, 0.15) is 0 Å². The summed E-state index contributed by atoms with van der Waals surface area (Å²) in [6.45, 7) is 6.78. The first-order chi connectivity index (χ1) is 6.77. The zero-order valence-electron chi connectivity index (χ0n) is 8.99. The summed E-state index contributed by atoms with van der Waals surface area (Å²) in [7, 11) is 0. The molecule has 0 unspecified atom stereocenters. The summed E-state index contributed by atoms with van der Waals surface area (Å²) in [6.07, 6.45) is 1.73. The summed E-state index contributed by atoms with van der Waals surface area (Å²) < 4.78 is 10.2. The quantitative estimate of drug-likeness (QED) is 0.678. The van der Waals surface area contributed by atoms with Gasteiger partial charge in [0, 0.05) is 13.1 Å². The lowest BCUT2D eigenvalue weighted by atomic mass is 10.3. The monoisotopic (exact) mass is 201 g/mol. The van der Waals surface area contributed by atoms with Gasteiger partial charge in [-0.1, -0.05) is 13.8 Å². The maximum atomic E-state index is 11.6. The van der Waals surface area contributed by atoms with Crippen LogP contribution in [0.5, 0.6) is 0 Å². The SMILES string of the molecule is CCCN(CCC)C(=O)OC1COC1. The number of carbonyl (C=O) groups excluding carboxylic acids is 1. The molecule has 0 bridgehead atoms. The van der Waals surface area contributed by atoms with Gasteiger partial charge >= 0.3 is 6.09 Å². The third-order valence-corrected chi connectivity index (χ3v) is 2.12. The highest BCUT2D eigenvalue weighted by molar-refractivity contribution is 5.67. The maximum Gasteiger partial charge on any atom is 0.410 e. The molecule has 1 aliphatic rings. The van der Waals surface area contributed by atoms with E-state index in [2.05, 4.69) is 13.8 Å². The van der Waals surface area contributed by atoms with Crippen LogP contribution in [0.4, 0.5) is 4.79 Å². The summed E-state index contributed by atoms with van der Waals surface area (Å²) in [6, 6.07) is 0. The lowest BCUT2D eigenvalue weighted by Gasteiger charge is -2.29. The van der Waals surface area contributed by atoms with Gasteiger partial charge in [-0.3, -0.25) is 0 Å². The molecule has 0 radical (unpaired) electrons. The van der Waals surface area contributed by atoms with Crippen LogP contribution in [0.25, 0.3) is 0 Å². The van der Waals surface area contributed by atoms with Crippen molar-refractivity contribution >= 4 is 6.09 Å². The van der Waals surface area contributed by atoms with Crippen molar-refractivity contribution in [1.82, 2.24) is 4.90 Å². The molecule has 82 valence electrons. The Kier molecular flexibility index (Phi) is 4.73. The van der Waals surface area contributed by atoms with Gasteiger partial charge in [-0.25, -0.2) is 4.79 Å². The van der Waals surface area contributed by atoms with Crippen molar-refractivity contribution in [2.75, 3.05) is 26.3 Å². The smallest absolute Gasteiger partial charge is 0.410 e. The van der Waals surface area contributed by atoms with E-state index in [0.717, 1.165) is 25.9 Å². The van der Waals surface area contributed by atoms with Gasteiger partial charge in [-0.15, -0.1) is 0 Å². The molecular weight excluding hydrogens is 182 g/mol. The standard InChI is InChI=1S/C10H19NO3/c1-3-5-11(6-4-2)10(12)14-9-7-13-8-9/h9H,3-8H2,1-2H3. The molecule has 1 amide bonds. The van der Waals surface area contributed by atoms with E-state index in [1.54, 1.807) is 4.90 Å². The first kappa shape index (κ1) is 11.3. The third kappa shape index (κ3) is 3.18. The highest BCUT2D eigenvalue weighted by Gasteiger charge is 2.25. The molecule has 4 heteroatoms. The van der Waals surface area contributed by atoms with Crippen molar-refractivity contribution in [3.8, 4) is 0 Å². The fourth-order valence-electron chi connectivity index (χ4n) is 1.33. The van der Waals surface area contributed by atoms with Crippen LogP contribution in [0.3, 0.4) is 0 Å². The summed E-state index contributed by atoms with van der Waals surface area (Å²) in [5.74, 6) is 0.